The van der Waals surface area contributed by atoms with Crippen LogP contribution >= 0.6 is 0 Å². The van der Waals surface area contributed by atoms with Crippen LogP contribution in [0.5, 0.6) is 5.75 Å². The highest BCUT2D eigenvalue weighted by Gasteiger charge is 2.24. The van der Waals surface area contributed by atoms with Gasteiger partial charge >= 0.3 is 0 Å². The molecule has 0 radical (unpaired) electrons. The van der Waals surface area contributed by atoms with Crippen molar-refractivity contribution < 1.29 is 14.5 Å². The first-order valence-corrected chi connectivity index (χ1v) is 9.02. The number of nitro groups is 1. The maximum atomic E-state index is 12.5. The number of ether oxygens (including phenoxy) is 1. The largest absolute Gasteiger partial charge is 0.481 e. The van der Waals surface area contributed by atoms with E-state index in [1.54, 1.807) is 6.92 Å². The van der Waals surface area contributed by atoms with Crippen molar-refractivity contribution in [2.75, 3.05) is 0 Å². The van der Waals surface area contributed by atoms with E-state index < -0.39 is 16.9 Å². The number of carbonyl (C=O) groups is 1. The molecule has 1 atom stereocenters. The van der Waals surface area contributed by atoms with Crippen LogP contribution in [0.2, 0.25) is 0 Å². The fourth-order valence-corrected chi connectivity index (χ4v) is 3.22. The SMILES string of the molecule is CC(Oc1ccc([N+](=O)[O-])cc1)C(=O)NN=C1c2ccccc2-c2ccccc21. The Labute approximate surface area is 166 Å². The topological polar surface area (TPSA) is 93.8 Å². The molecule has 0 spiro atoms. The van der Waals surface area contributed by atoms with Gasteiger partial charge in [0.25, 0.3) is 11.6 Å². The predicted molar refractivity (Wildman–Crippen MR) is 109 cm³/mol. The van der Waals surface area contributed by atoms with Gasteiger partial charge in [0.2, 0.25) is 0 Å². The number of carbonyl (C=O) groups excluding carboxylic acids is 1. The number of nitrogens with zero attached hydrogens (tertiary/aromatic N) is 2. The van der Waals surface area contributed by atoms with Crippen molar-refractivity contribution >= 4 is 17.3 Å². The van der Waals surface area contributed by atoms with Crippen molar-refractivity contribution in [3.63, 3.8) is 0 Å². The number of hydrogen-bond acceptors (Lipinski definition) is 5. The molecular weight excluding hydrogens is 370 g/mol. The van der Waals surface area contributed by atoms with Gasteiger partial charge in [0.15, 0.2) is 6.10 Å². The zero-order valence-corrected chi connectivity index (χ0v) is 15.5. The Morgan fingerprint density at radius 2 is 1.45 bits per heavy atom. The van der Waals surface area contributed by atoms with Crippen LogP contribution in [-0.2, 0) is 4.79 Å². The molecule has 1 aliphatic rings. The van der Waals surface area contributed by atoms with Gasteiger partial charge in [-0.15, -0.1) is 0 Å². The molecule has 3 aromatic carbocycles. The zero-order valence-electron chi connectivity index (χ0n) is 15.5. The van der Waals surface area contributed by atoms with E-state index in [2.05, 4.69) is 10.5 Å². The van der Waals surface area contributed by atoms with Crippen molar-refractivity contribution in [3.8, 4) is 16.9 Å². The number of non-ortho nitro benzene ring substituents is 1. The number of nitrogens with one attached hydrogen (secondary N) is 1. The lowest BCUT2D eigenvalue weighted by molar-refractivity contribution is -0.384. The number of amides is 1. The molecule has 29 heavy (non-hydrogen) atoms. The van der Waals surface area contributed by atoms with E-state index in [1.165, 1.54) is 24.3 Å². The summed E-state index contributed by atoms with van der Waals surface area (Å²) in [5.74, 6) is -0.0554. The molecule has 0 saturated carbocycles. The molecule has 1 unspecified atom stereocenters. The van der Waals surface area contributed by atoms with Crippen LogP contribution in [0.3, 0.4) is 0 Å². The van der Waals surface area contributed by atoms with Gasteiger partial charge in [0.05, 0.1) is 10.6 Å². The minimum Gasteiger partial charge on any atom is -0.481 e. The molecule has 0 aromatic heterocycles. The van der Waals surface area contributed by atoms with Crippen molar-refractivity contribution in [1.82, 2.24) is 5.43 Å². The van der Waals surface area contributed by atoms with E-state index in [4.69, 9.17) is 4.74 Å². The highest BCUT2D eigenvalue weighted by atomic mass is 16.6. The number of hydrazone groups is 1. The Balaban J connectivity index is 1.50. The van der Waals surface area contributed by atoms with Crippen LogP contribution in [0.25, 0.3) is 11.1 Å². The molecule has 7 heteroatoms. The van der Waals surface area contributed by atoms with Crippen molar-refractivity contribution in [1.29, 1.82) is 0 Å². The first-order valence-electron chi connectivity index (χ1n) is 9.02. The Bertz CT molecular complexity index is 1080. The number of fused-ring (bicyclic) bond motifs is 3. The summed E-state index contributed by atoms with van der Waals surface area (Å²) in [7, 11) is 0. The monoisotopic (exact) mass is 387 g/mol. The van der Waals surface area contributed by atoms with Gasteiger partial charge in [-0.3, -0.25) is 14.9 Å². The highest BCUT2D eigenvalue weighted by Crippen LogP contribution is 2.36. The van der Waals surface area contributed by atoms with Gasteiger partial charge in [0, 0.05) is 23.3 Å². The van der Waals surface area contributed by atoms with Gasteiger partial charge in [-0.05, 0) is 30.2 Å². The van der Waals surface area contributed by atoms with Crippen LogP contribution in [0, 0.1) is 10.1 Å². The van der Waals surface area contributed by atoms with Crippen LogP contribution in [-0.4, -0.2) is 22.6 Å². The summed E-state index contributed by atoms with van der Waals surface area (Å²) in [6.07, 6.45) is -0.826. The summed E-state index contributed by atoms with van der Waals surface area (Å²) in [5, 5.41) is 15.1. The van der Waals surface area contributed by atoms with E-state index in [0.717, 1.165) is 22.3 Å². The quantitative estimate of drug-likeness (QED) is 0.415. The fourth-order valence-electron chi connectivity index (χ4n) is 3.22. The third-order valence-electron chi connectivity index (χ3n) is 4.66. The Morgan fingerprint density at radius 1 is 0.931 bits per heavy atom. The second-order valence-electron chi connectivity index (χ2n) is 6.54. The van der Waals surface area contributed by atoms with Gasteiger partial charge in [-0.25, -0.2) is 5.43 Å². The zero-order chi connectivity index (χ0) is 20.4. The second kappa shape index (κ2) is 7.55. The Hall–Kier alpha value is -4.00. The lowest BCUT2D eigenvalue weighted by Gasteiger charge is -2.13. The minimum atomic E-state index is -0.826. The predicted octanol–water partition coefficient (Wildman–Crippen LogP) is 3.91. The normalized spacial score (nSPS) is 12.5. The lowest BCUT2D eigenvalue weighted by Crippen LogP contribution is -2.34. The van der Waals surface area contributed by atoms with Crippen LogP contribution in [0.1, 0.15) is 18.1 Å². The van der Waals surface area contributed by atoms with Crippen LogP contribution in [0.4, 0.5) is 5.69 Å². The number of nitro benzene ring substituents is 1. The summed E-state index contributed by atoms with van der Waals surface area (Å²) in [6, 6.07) is 21.4. The average molecular weight is 387 g/mol. The molecule has 0 fully saturated rings. The van der Waals surface area contributed by atoms with Crippen LogP contribution < -0.4 is 10.2 Å². The molecule has 7 nitrogen and oxygen atoms in total. The third kappa shape index (κ3) is 3.58. The summed E-state index contributed by atoms with van der Waals surface area (Å²) >= 11 is 0. The highest BCUT2D eigenvalue weighted by molar-refractivity contribution is 6.24. The summed E-state index contributed by atoms with van der Waals surface area (Å²) in [4.78, 5) is 22.7. The molecule has 0 heterocycles. The van der Waals surface area contributed by atoms with E-state index >= 15 is 0 Å². The first-order chi connectivity index (χ1) is 14.0. The molecule has 0 bridgehead atoms. The standard InChI is InChI=1S/C22H17N3O4/c1-14(29-16-12-10-15(11-13-16)25(27)28)22(26)24-23-21-19-8-4-2-6-17(19)18-7-3-5-9-20(18)21/h2-14H,1H3,(H,24,26). The van der Waals surface area contributed by atoms with Crippen molar-refractivity contribution in [2.24, 2.45) is 5.10 Å². The second-order valence-corrected chi connectivity index (χ2v) is 6.54. The number of hydrogen-bond donors (Lipinski definition) is 1. The van der Waals surface area contributed by atoms with Gasteiger partial charge in [0.1, 0.15) is 5.75 Å². The van der Waals surface area contributed by atoms with Gasteiger partial charge in [-0.1, -0.05) is 48.5 Å². The molecular formula is C22H17N3O4. The van der Waals surface area contributed by atoms with Gasteiger partial charge < -0.3 is 4.74 Å². The molecule has 144 valence electrons. The summed E-state index contributed by atoms with van der Waals surface area (Å²) < 4.78 is 5.56. The molecule has 4 rings (SSSR count). The van der Waals surface area contributed by atoms with Gasteiger partial charge in [-0.2, -0.15) is 5.10 Å². The average Bonchev–Trinajstić information content (AvgIpc) is 3.06. The number of rotatable bonds is 5. The molecule has 1 aliphatic carbocycles. The number of benzene rings is 3. The van der Waals surface area contributed by atoms with E-state index in [-0.39, 0.29) is 5.69 Å². The molecule has 0 saturated heterocycles. The fraction of sp³-hybridized carbons (Fsp3) is 0.0909. The maximum Gasteiger partial charge on any atom is 0.280 e. The molecule has 1 N–H and O–H groups in total. The summed E-state index contributed by atoms with van der Waals surface area (Å²) in [5.41, 5.74) is 7.29. The minimum absolute atomic E-state index is 0.0422. The first kappa shape index (κ1) is 18.4. The smallest absolute Gasteiger partial charge is 0.280 e. The maximum absolute atomic E-state index is 12.5. The summed E-state index contributed by atoms with van der Waals surface area (Å²) in [6.45, 7) is 1.59. The molecule has 0 aliphatic heterocycles. The lowest BCUT2D eigenvalue weighted by atomic mass is 10.1. The van der Waals surface area contributed by atoms with Crippen molar-refractivity contribution in [2.45, 2.75) is 13.0 Å². The van der Waals surface area contributed by atoms with E-state index in [0.29, 0.717) is 11.5 Å². The molecule has 3 aromatic rings. The van der Waals surface area contributed by atoms with Crippen LogP contribution in [0.15, 0.2) is 77.9 Å². The Morgan fingerprint density at radius 3 is 1.97 bits per heavy atom. The third-order valence-corrected chi connectivity index (χ3v) is 4.66. The molecule has 1 amide bonds. The van der Waals surface area contributed by atoms with E-state index in [9.17, 15) is 14.9 Å². The van der Waals surface area contributed by atoms with E-state index in [1.807, 2.05) is 48.5 Å². The van der Waals surface area contributed by atoms with Crippen molar-refractivity contribution in [3.05, 3.63) is 94.0 Å². The Kier molecular flexibility index (Phi) is 4.78.